The summed E-state index contributed by atoms with van der Waals surface area (Å²) >= 11 is 5.46. The summed E-state index contributed by atoms with van der Waals surface area (Å²) < 4.78 is 39.6. The van der Waals surface area contributed by atoms with Crippen LogP contribution in [0.2, 0.25) is 5.02 Å². The second-order valence-corrected chi connectivity index (χ2v) is 6.07. The average Bonchev–Trinajstić information content (AvgIpc) is 2.38. The Bertz CT molecular complexity index is 615. The van der Waals surface area contributed by atoms with Gasteiger partial charge < -0.3 is 10.2 Å². The molecule has 1 rings (SSSR count). The van der Waals surface area contributed by atoms with Crippen molar-refractivity contribution in [2.75, 3.05) is 6.61 Å². The Morgan fingerprint density at radius 2 is 2.10 bits per heavy atom. The Kier molecular flexibility index (Phi) is 5.46. The number of hydrogen-bond acceptors (Lipinski definition) is 4. The van der Waals surface area contributed by atoms with Crippen LogP contribution in [0.15, 0.2) is 17.0 Å². The largest absolute Gasteiger partial charge is 0.478 e. The first-order valence-electron chi connectivity index (χ1n) is 5.58. The van der Waals surface area contributed by atoms with Gasteiger partial charge in [0.05, 0.1) is 22.1 Å². The molecule has 1 atom stereocenters. The van der Waals surface area contributed by atoms with Crippen LogP contribution in [0.4, 0.5) is 4.39 Å². The van der Waals surface area contributed by atoms with E-state index in [2.05, 4.69) is 4.72 Å². The van der Waals surface area contributed by atoms with Gasteiger partial charge in [-0.1, -0.05) is 18.5 Å². The molecule has 9 heteroatoms. The Balaban J connectivity index is 3.29. The number of sulfonamides is 1. The van der Waals surface area contributed by atoms with E-state index in [-0.39, 0.29) is 0 Å². The van der Waals surface area contributed by atoms with Gasteiger partial charge in [0.1, 0.15) is 5.82 Å². The monoisotopic (exact) mass is 325 g/mol. The van der Waals surface area contributed by atoms with E-state index in [1.54, 1.807) is 6.92 Å². The first-order valence-corrected chi connectivity index (χ1v) is 7.44. The molecule has 0 amide bonds. The number of nitrogens with one attached hydrogen (secondary N) is 1. The Labute approximate surface area is 120 Å². The molecule has 1 aromatic rings. The fourth-order valence-electron chi connectivity index (χ4n) is 1.41. The predicted molar refractivity (Wildman–Crippen MR) is 69.9 cm³/mol. The number of carbonyl (C=O) groups is 1. The van der Waals surface area contributed by atoms with E-state index in [9.17, 15) is 17.6 Å². The molecule has 0 saturated heterocycles. The smallest absolute Gasteiger partial charge is 0.337 e. The maximum atomic E-state index is 13.5. The topological polar surface area (TPSA) is 104 Å². The summed E-state index contributed by atoms with van der Waals surface area (Å²) in [6.45, 7) is 1.21. The molecule has 0 saturated carbocycles. The Morgan fingerprint density at radius 1 is 1.50 bits per heavy atom. The molecular weight excluding hydrogens is 313 g/mol. The van der Waals surface area contributed by atoms with Gasteiger partial charge in [-0.15, -0.1) is 0 Å². The SMILES string of the molecule is CC[C@@H](CO)NS(=O)(=O)c1cc(F)c(Cl)c(C(=O)O)c1. The molecule has 3 N–H and O–H groups in total. The molecule has 0 spiro atoms. The van der Waals surface area contributed by atoms with Gasteiger partial charge in [-0.05, 0) is 18.6 Å². The van der Waals surface area contributed by atoms with E-state index in [0.29, 0.717) is 12.5 Å². The number of halogens is 2. The second kappa shape index (κ2) is 6.49. The van der Waals surface area contributed by atoms with E-state index in [1.807, 2.05) is 0 Å². The van der Waals surface area contributed by atoms with Crippen molar-refractivity contribution in [3.63, 3.8) is 0 Å². The molecular formula is C11H13ClFNO5S. The summed E-state index contributed by atoms with van der Waals surface area (Å²) in [5, 5.41) is 17.1. The number of carboxylic acid groups (broad SMARTS) is 1. The molecule has 0 radical (unpaired) electrons. The van der Waals surface area contributed by atoms with Crippen molar-refractivity contribution in [3.05, 3.63) is 28.5 Å². The molecule has 0 bridgehead atoms. The molecule has 0 unspecified atom stereocenters. The Hall–Kier alpha value is -1.22. The number of benzene rings is 1. The summed E-state index contributed by atoms with van der Waals surface area (Å²) in [5.74, 6) is -2.69. The summed E-state index contributed by atoms with van der Waals surface area (Å²) in [6, 6.07) is 0.647. The standard InChI is InChI=1S/C11H13ClFNO5S/c1-2-6(5-15)14-20(18,19)7-3-8(11(16)17)10(12)9(13)4-7/h3-4,6,14-15H,2,5H2,1H3,(H,16,17)/t6-/m0/s1. The van der Waals surface area contributed by atoms with Crippen LogP contribution in [-0.4, -0.2) is 37.2 Å². The maximum absolute atomic E-state index is 13.5. The molecule has 6 nitrogen and oxygen atoms in total. The number of carboxylic acids is 1. The first-order chi connectivity index (χ1) is 9.22. The van der Waals surface area contributed by atoms with Crippen LogP contribution in [0, 0.1) is 5.82 Å². The highest BCUT2D eigenvalue weighted by Crippen LogP contribution is 2.24. The molecule has 0 aliphatic rings. The van der Waals surface area contributed by atoms with Gasteiger partial charge in [-0.25, -0.2) is 22.3 Å². The van der Waals surface area contributed by atoms with Crippen LogP contribution in [0.3, 0.4) is 0 Å². The van der Waals surface area contributed by atoms with Crippen molar-refractivity contribution in [2.45, 2.75) is 24.3 Å². The van der Waals surface area contributed by atoms with Crippen LogP contribution < -0.4 is 4.72 Å². The lowest BCUT2D eigenvalue weighted by Crippen LogP contribution is -2.37. The van der Waals surface area contributed by atoms with Gasteiger partial charge in [-0.3, -0.25) is 0 Å². The van der Waals surface area contributed by atoms with Crippen molar-refractivity contribution in [2.24, 2.45) is 0 Å². The first kappa shape index (κ1) is 16.8. The minimum Gasteiger partial charge on any atom is -0.478 e. The number of rotatable bonds is 6. The van der Waals surface area contributed by atoms with Crippen LogP contribution in [0.5, 0.6) is 0 Å². The quantitative estimate of drug-likeness (QED) is 0.729. The van der Waals surface area contributed by atoms with E-state index < -0.39 is 49.9 Å². The molecule has 0 aliphatic heterocycles. The predicted octanol–water partition coefficient (Wildman–Crippen LogP) is 1.23. The molecule has 112 valence electrons. The molecule has 0 fully saturated rings. The lowest BCUT2D eigenvalue weighted by molar-refractivity contribution is 0.0696. The van der Waals surface area contributed by atoms with Gasteiger partial charge in [-0.2, -0.15) is 0 Å². The molecule has 0 aliphatic carbocycles. The third-order valence-corrected chi connectivity index (χ3v) is 4.46. The third-order valence-electron chi connectivity index (χ3n) is 2.58. The van der Waals surface area contributed by atoms with Crippen molar-refractivity contribution in [1.29, 1.82) is 0 Å². The van der Waals surface area contributed by atoms with E-state index >= 15 is 0 Å². The summed E-state index contributed by atoms with van der Waals surface area (Å²) in [4.78, 5) is 10.3. The summed E-state index contributed by atoms with van der Waals surface area (Å²) in [7, 11) is -4.15. The summed E-state index contributed by atoms with van der Waals surface area (Å²) in [5.41, 5.74) is -0.649. The van der Waals surface area contributed by atoms with Crippen molar-refractivity contribution in [1.82, 2.24) is 4.72 Å². The van der Waals surface area contributed by atoms with Crippen LogP contribution >= 0.6 is 11.6 Å². The third kappa shape index (κ3) is 3.66. The zero-order valence-electron chi connectivity index (χ0n) is 10.4. The van der Waals surface area contributed by atoms with Crippen molar-refractivity contribution < 1.29 is 27.8 Å². The van der Waals surface area contributed by atoms with E-state index in [1.165, 1.54) is 0 Å². The lowest BCUT2D eigenvalue weighted by atomic mass is 10.2. The zero-order chi connectivity index (χ0) is 15.5. The molecule has 0 heterocycles. The highest BCUT2D eigenvalue weighted by Gasteiger charge is 2.23. The van der Waals surface area contributed by atoms with Gasteiger partial charge in [0, 0.05) is 6.04 Å². The van der Waals surface area contributed by atoms with Crippen LogP contribution in [-0.2, 0) is 10.0 Å². The lowest BCUT2D eigenvalue weighted by Gasteiger charge is -2.15. The van der Waals surface area contributed by atoms with Crippen molar-refractivity contribution in [3.8, 4) is 0 Å². The zero-order valence-corrected chi connectivity index (χ0v) is 12.0. The number of aliphatic hydroxyl groups excluding tert-OH is 1. The fraction of sp³-hybridized carbons (Fsp3) is 0.364. The average molecular weight is 326 g/mol. The summed E-state index contributed by atoms with van der Waals surface area (Å²) in [6.07, 6.45) is 0.317. The maximum Gasteiger partial charge on any atom is 0.337 e. The van der Waals surface area contributed by atoms with E-state index in [0.717, 1.165) is 6.07 Å². The highest BCUT2D eigenvalue weighted by molar-refractivity contribution is 7.89. The molecule has 0 aromatic heterocycles. The van der Waals surface area contributed by atoms with Crippen LogP contribution in [0.1, 0.15) is 23.7 Å². The van der Waals surface area contributed by atoms with Crippen LogP contribution in [0.25, 0.3) is 0 Å². The molecule has 1 aromatic carbocycles. The van der Waals surface area contributed by atoms with Crippen molar-refractivity contribution >= 4 is 27.6 Å². The van der Waals surface area contributed by atoms with E-state index in [4.69, 9.17) is 21.8 Å². The van der Waals surface area contributed by atoms with Gasteiger partial charge >= 0.3 is 5.97 Å². The number of aliphatic hydroxyl groups is 1. The minimum absolute atomic E-state index is 0.317. The Morgan fingerprint density at radius 3 is 2.55 bits per heavy atom. The van der Waals surface area contributed by atoms with Gasteiger partial charge in [0.15, 0.2) is 0 Å². The minimum atomic E-state index is -4.15. The highest BCUT2D eigenvalue weighted by atomic mass is 35.5. The second-order valence-electron chi connectivity index (χ2n) is 3.98. The molecule has 20 heavy (non-hydrogen) atoms. The normalized spacial score (nSPS) is 13.2. The number of aromatic carboxylic acids is 1. The fourth-order valence-corrected chi connectivity index (χ4v) is 2.95. The number of hydrogen-bond donors (Lipinski definition) is 3. The van der Waals surface area contributed by atoms with Gasteiger partial charge in [0.25, 0.3) is 0 Å². The van der Waals surface area contributed by atoms with Gasteiger partial charge in [0.2, 0.25) is 10.0 Å².